The van der Waals surface area contributed by atoms with Crippen LogP contribution in [0.4, 0.5) is 0 Å². The fourth-order valence-corrected chi connectivity index (χ4v) is 3.99. The van der Waals surface area contributed by atoms with E-state index in [0.29, 0.717) is 11.3 Å². The molecule has 0 unspecified atom stereocenters. The second-order valence-corrected chi connectivity index (χ2v) is 8.07. The molecule has 2 saturated carbocycles. The van der Waals surface area contributed by atoms with Crippen LogP contribution in [0.5, 0.6) is 0 Å². The van der Waals surface area contributed by atoms with Gasteiger partial charge in [0.05, 0.1) is 0 Å². The molecule has 3 rings (SSSR count). The number of halogens is 1. The molecule has 110 valence electrons. The SMILES string of the molecule is CC1(C)CCC(c2ccc(C3(CN)CC3)cc2Cl)CC1. The molecule has 2 aliphatic rings. The van der Waals surface area contributed by atoms with Crippen LogP contribution in [0.25, 0.3) is 0 Å². The molecule has 2 heteroatoms. The van der Waals surface area contributed by atoms with Crippen LogP contribution in [0.2, 0.25) is 5.02 Å². The molecule has 0 heterocycles. The first-order chi connectivity index (χ1) is 9.46. The maximum Gasteiger partial charge on any atom is 0.0443 e. The molecule has 20 heavy (non-hydrogen) atoms. The average Bonchev–Trinajstić information content (AvgIpc) is 3.20. The highest BCUT2D eigenvalue weighted by Crippen LogP contribution is 2.49. The Morgan fingerprint density at radius 3 is 2.30 bits per heavy atom. The molecule has 0 bridgehead atoms. The van der Waals surface area contributed by atoms with E-state index in [1.165, 1.54) is 49.7 Å². The first kappa shape index (κ1) is 14.4. The Kier molecular flexibility index (Phi) is 3.63. The minimum Gasteiger partial charge on any atom is -0.330 e. The Morgan fingerprint density at radius 2 is 1.80 bits per heavy atom. The molecular weight excluding hydrogens is 266 g/mol. The smallest absolute Gasteiger partial charge is 0.0443 e. The summed E-state index contributed by atoms with van der Waals surface area (Å²) in [4.78, 5) is 0. The van der Waals surface area contributed by atoms with Crippen molar-refractivity contribution in [2.24, 2.45) is 11.1 Å². The van der Waals surface area contributed by atoms with Gasteiger partial charge in [0.2, 0.25) is 0 Å². The summed E-state index contributed by atoms with van der Waals surface area (Å²) in [7, 11) is 0. The van der Waals surface area contributed by atoms with E-state index in [4.69, 9.17) is 17.3 Å². The quantitative estimate of drug-likeness (QED) is 0.832. The van der Waals surface area contributed by atoms with Crippen LogP contribution in [0.15, 0.2) is 18.2 Å². The topological polar surface area (TPSA) is 26.0 Å². The minimum absolute atomic E-state index is 0.247. The highest BCUT2D eigenvalue weighted by Gasteiger charge is 2.43. The van der Waals surface area contributed by atoms with E-state index in [9.17, 15) is 0 Å². The first-order valence-corrected chi connectivity index (χ1v) is 8.34. The summed E-state index contributed by atoms with van der Waals surface area (Å²) in [5.74, 6) is 0.651. The fraction of sp³-hybridized carbons (Fsp3) is 0.667. The zero-order chi connectivity index (χ0) is 14.4. The highest BCUT2D eigenvalue weighted by molar-refractivity contribution is 6.31. The molecule has 2 aliphatic carbocycles. The second-order valence-electron chi connectivity index (χ2n) is 7.66. The molecule has 2 N–H and O–H groups in total. The van der Waals surface area contributed by atoms with Gasteiger partial charge in [0.1, 0.15) is 0 Å². The Labute approximate surface area is 127 Å². The molecule has 2 fully saturated rings. The van der Waals surface area contributed by atoms with Crippen molar-refractivity contribution in [1.82, 2.24) is 0 Å². The van der Waals surface area contributed by atoms with E-state index < -0.39 is 0 Å². The number of nitrogens with two attached hydrogens (primary N) is 1. The molecule has 0 radical (unpaired) electrons. The van der Waals surface area contributed by atoms with Gasteiger partial charge in [0, 0.05) is 17.0 Å². The Balaban J connectivity index is 1.78. The Bertz CT molecular complexity index is 492. The van der Waals surface area contributed by atoms with E-state index in [0.717, 1.165) is 11.6 Å². The van der Waals surface area contributed by atoms with Crippen LogP contribution in [0, 0.1) is 5.41 Å². The van der Waals surface area contributed by atoms with Crippen molar-refractivity contribution in [2.75, 3.05) is 6.54 Å². The van der Waals surface area contributed by atoms with E-state index in [1.54, 1.807) is 0 Å². The van der Waals surface area contributed by atoms with Crippen LogP contribution < -0.4 is 5.73 Å². The zero-order valence-corrected chi connectivity index (χ0v) is 13.5. The van der Waals surface area contributed by atoms with Gasteiger partial charge in [-0.15, -0.1) is 0 Å². The highest BCUT2D eigenvalue weighted by atomic mass is 35.5. The summed E-state index contributed by atoms with van der Waals surface area (Å²) in [6.45, 7) is 5.51. The maximum absolute atomic E-state index is 6.58. The molecule has 0 aliphatic heterocycles. The molecule has 1 aromatic carbocycles. The second kappa shape index (κ2) is 5.03. The van der Waals surface area contributed by atoms with Gasteiger partial charge < -0.3 is 5.73 Å². The third-order valence-corrected chi connectivity index (χ3v) is 5.96. The van der Waals surface area contributed by atoms with Gasteiger partial charge in [0.25, 0.3) is 0 Å². The van der Waals surface area contributed by atoms with Gasteiger partial charge in [-0.1, -0.05) is 37.6 Å². The summed E-state index contributed by atoms with van der Waals surface area (Å²) >= 11 is 6.58. The summed E-state index contributed by atoms with van der Waals surface area (Å²) < 4.78 is 0. The van der Waals surface area contributed by atoms with Crippen molar-refractivity contribution in [3.63, 3.8) is 0 Å². The molecule has 0 amide bonds. The summed E-state index contributed by atoms with van der Waals surface area (Å²) in [5.41, 5.74) is 9.39. The molecule has 0 spiro atoms. The van der Waals surface area contributed by atoms with Crippen molar-refractivity contribution in [3.05, 3.63) is 34.3 Å². The number of rotatable bonds is 3. The largest absolute Gasteiger partial charge is 0.330 e. The van der Waals surface area contributed by atoms with Crippen molar-refractivity contribution >= 4 is 11.6 Å². The van der Waals surface area contributed by atoms with Crippen LogP contribution in [-0.4, -0.2) is 6.54 Å². The number of benzene rings is 1. The van der Waals surface area contributed by atoms with Crippen molar-refractivity contribution in [1.29, 1.82) is 0 Å². The monoisotopic (exact) mass is 291 g/mol. The Hall–Kier alpha value is -0.530. The zero-order valence-electron chi connectivity index (χ0n) is 12.7. The molecule has 1 aromatic rings. The van der Waals surface area contributed by atoms with E-state index in [1.807, 2.05) is 0 Å². The molecule has 0 atom stereocenters. The lowest BCUT2D eigenvalue weighted by Gasteiger charge is -2.35. The van der Waals surface area contributed by atoms with Gasteiger partial charge in [0.15, 0.2) is 0 Å². The van der Waals surface area contributed by atoms with Crippen LogP contribution in [-0.2, 0) is 5.41 Å². The number of hydrogen-bond acceptors (Lipinski definition) is 1. The summed E-state index contributed by atoms with van der Waals surface area (Å²) in [6, 6.07) is 6.74. The number of hydrogen-bond donors (Lipinski definition) is 1. The van der Waals surface area contributed by atoms with Gasteiger partial charge in [-0.3, -0.25) is 0 Å². The standard InChI is InChI=1S/C18H26ClN/c1-17(2)7-5-13(6-8-17)15-4-3-14(11-16(15)19)18(12-20)9-10-18/h3-4,11,13H,5-10,12,20H2,1-2H3. The predicted molar refractivity (Wildman–Crippen MR) is 86.4 cm³/mol. The predicted octanol–water partition coefficient (Wildman–Crippen LogP) is 5.01. The van der Waals surface area contributed by atoms with Gasteiger partial charge >= 0.3 is 0 Å². The normalized spacial score (nSPS) is 24.6. The molecule has 0 aromatic heterocycles. The van der Waals surface area contributed by atoms with Crippen LogP contribution >= 0.6 is 11.6 Å². The van der Waals surface area contributed by atoms with Gasteiger partial charge in [-0.2, -0.15) is 0 Å². The lowest BCUT2D eigenvalue weighted by molar-refractivity contribution is 0.224. The van der Waals surface area contributed by atoms with Gasteiger partial charge in [-0.25, -0.2) is 0 Å². The van der Waals surface area contributed by atoms with Crippen molar-refractivity contribution < 1.29 is 0 Å². The van der Waals surface area contributed by atoms with Gasteiger partial charge in [-0.05, 0) is 67.1 Å². The maximum atomic E-state index is 6.58. The summed E-state index contributed by atoms with van der Waals surface area (Å²) in [6.07, 6.45) is 7.60. The van der Waals surface area contributed by atoms with Crippen LogP contribution in [0.1, 0.15) is 69.4 Å². The molecule has 1 nitrogen and oxygen atoms in total. The van der Waals surface area contributed by atoms with Crippen LogP contribution in [0.3, 0.4) is 0 Å². The average molecular weight is 292 g/mol. The molecule has 0 saturated heterocycles. The fourth-order valence-electron chi connectivity index (χ4n) is 3.66. The molecular formula is C18H26ClN. The lowest BCUT2D eigenvalue weighted by Crippen LogP contribution is -2.21. The van der Waals surface area contributed by atoms with E-state index in [-0.39, 0.29) is 5.41 Å². The Morgan fingerprint density at radius 1 is 1.15 bits per heavy atom. The van der Waals surface area contributed by atoms with E-state index >= 15 is 0 Å². The lowest BCUT2D eigenvalue weighted by atomic mass is 9.71. The summed E-state index contributed by atoms with van der Waals surface area (Å²) in [5, 5.41) is 0.965. The third kappa shape index (κ3) is 2.63. The minimum atomic E-state index is 0.247. The first-order valence-electron chi connectivity index (χ1n) is 7.96. The van der Waals surface area contributed by atoms with E-state index in [2.05, 4.69) is 32.0 Å². The van der Waals surface area contributed by atoms with Crippen molar-refractivity contribution in [3.8, 4) is 0 Å². The third-order valence-electron chi connectivity index (χ3n) is 5.64. The van der Waals surface area contributed by atoms with Crippen molar-refractivity contribution in [2.45, 2.75) is 63.7 Å².